The quantitative estimate of drug-likeness (QED) is 0.778. The SMILES string of the molecule is CN(CC(=O)O)C(=O)CNS(=O)(=O)c1ccc(Cl)s1. The van der Waals surface area contributed by atoms with Crippen molar-refractivity contribution in [2.75, 3.05) is 20.1 Å². The summed E-state index contributed by atoms with van der Waals surface area (Å²) in [4.78, 5) is 22.8. The maximum absolute atomic E-state index is 11.7. The molecule has 10 heteroatoms. The van der Waals surface area contributed by atoms with Crippen LogP contribution in [0.1, 0.15) is 0 Å². The van der Waals surface area contributed by atoms with Crippen LogP contribution in [0.5, 0.6) is 0 Å². The van der Waals surface area contributed by atoms with E-state index in [9.17, 15) is 18.0 Å². The fourth-order valence-electron chi connectivity index (χ4n) is 1.10. The van der Waals surface area contributed by atoms with Gasteiger partial charge in [-0.1, -0.05) is 11.6 Å². The highest BCUT2D eigenvalue weighted by Gasteiger charge is 2.19. The van der Waals surface area contributed by atoms with Crippen LogP contribution >= 0.6 is 22.9 Å². The first-order valence-electron chi connectivity index (χ1n) is 4.93. The number of carbonyl (C=O) groups is 2. The van der Waals surface area contributed by atoms with Gasteiger partial charge in [-0.25, -0.2) is 13.1 Å². The molecule has 0 unspecified atom stereocenters. The molecule has 0 spiro atoms. The second kappa shape index (κ2) is 6.33. The van der Waals surface area contributed by atoms with Crippen molar-refractivity contribution >= 4 is 44.8 Å². The summed E-state index contributed by atoms with van der Waals surface area (Å²) in [5, 5.41) is 8.50. The number of hydrogen-bond acceptors (Lipinski definition) is 5. The van der Waals surface area contributed by atoms with Gasteiger partial charge in [0.15, 0.2) is 0 Å². The van der Waals surface area contributed by atoms with Gasteiger partial charge in [0.25, 0.3) is 10.0 Å². The molecule has 0 fully saturated rings. The van der Waals surface area contributed by atoms with Crippen LogP contribution in [-0.4, -0.2) is 50.4 Å². The van der Waals surface area contributed by atoms with Gasteiger partial charge < -0.3 is 10.0 Å². The molecule has 0 aliphatic rings. The largest absolute Gasteiger partial charge is 0.480 e. The molecular weight excluding hydrogens is 316 g/mol. The topological polar surface area (TPSA) is 104 Å². The maximum Gasteiger partial charge on any atom is 0.323 e. The Kier molecular flexibility index (Phi) is 5.29. The molecule has 0 aliphatic heterocycles. The standard InChI is InChI=1S/C9H11ClN2O5S2/c1-12(5-8(14)15)7(13)4-11-19(16,17)9-3-2-6(10)18-9/h2-3,11H,4-5H2,1H3,(H,14,15). The van der Waals surface area contributed by atoms with E-state index in [2.05, 4.69) is 4.72 Å². The minimum absolute atomic E-state index is 0.00816. The van der Waals surface area contributed by atoms with Crippen LogP contribution in [0.2, 0.25) is 4.34 Å². The lowest BCUT2D eigenvalue weighted by atomic mass is 10.5. The van der Waals surface area contributed by atoms with Crippen LogP contribution in [0.3, 0.4) is 0 Å². The molecule has 1 aromatic rings. The average Bonchev–Trinajstić information content (AvgIpc) is 2.72. The zero-order valence-corrected chi connectivity index (χ0v) is 12.2. The van der Waals surface area contributed by atoms with Crippen molar-refractivity contribution in [1.82, 2.24) is 9.62 Å². The summed E-state index contributed by atoms with van der Waals surface area (Å²) >= 11 is 6.48. The second-order valence-electron chi connectivity index (χ2n) is 3.53. The highest BCUT2D eigenvalue weighted by Crippen LogP contribution is 2.25. The number of nitrogens with one attached hydrogen (secondary N) is 1. The normalized spacial score (nSPS) is 11.3. The zero-order chi connectivity index (χ0) is 14.6. The van der Waals surface area contributed by atoms with Gasteiger partial charge in [0.2, 0.25) is 5.91 Å². The molecule has 1 amide bonds. The van der Waals surface area contributed by atoms with Crippen LogP contribution in [0.4, 0.5) is 0 Å². The van der Waals surface area contributed by atoms with Crippen molar-refractivity contribution in [1.29, 1.82) is 0 Å². The number of nitrogens with zero attached hydrogens (tertiary/aromatic N) is 1. The zero-order valence-electron chi connectivity index (χ0n) is 9.79. The number of carboxylic acids is 1. The molecule has 2 N–H and O–H groups in total. The van der Waals surface area contributed by atoms with E-state index in [1.165, 1.54) is 19.2 Å². The second-order valence-corrected chi connectivity index (χ2v) is 7.24. The van der Waals surface area contributed by atoms with E-state index < -0.39 is 35.0 Å². The van der Waals surface area contributed by atoms with Gasteiger partial charge in [-0.05, 0) is 12.1 Å². The molecule has 19 heavy (non-hydrogen) atoms. The molecule has 0 atom stereocenters. The Balaban J connectivity index is 2.61. The van der Waals surface area contributed by atoms with Crippen LogP contribution in [0.15, 0.2) is 16.3 Å². The molecular formula is C9H11ClN2O5S2. The molecule has 0 aromatic carbocycles. The highest BCUT2D eigenvalue weighted by atomic mass is 35.5. The number of aliphatic carboxylic acids is 1. The van der Waals surface area contributed by atoms with Gasteiger partial charge in [0.05, 0.1) is 10.9 Å². The Morgan fingerprint density at radius 1 is 1.47 bits per heavy atom. The minimum atomic E-state index is -3.81. The molecule has 0 saturated heterocycles. The van der Waals surface area contributed by atoms with E-state index >= 15 is 0 Å². The third kappa shape index (κ3) is 4.78. The molecule has 0 aliphatic carbocycles. The fraction of sp³-hybridized carbons (Fsp3) is 0.333. The monoisotopic (exact) mass is 326 g/mol. The van der Waals surface area contributed by atoms with E-state index in [4.69, 9.17) is 16.7 Å². The predicted molar refractivity (Wildman–Crippen MR) is 69.8 cm³/mol. The van der Waals surface area contributed by atoms with Crippen molar-refractivity contribution in [3.63, 3.8) is 0 Å². The summed E-state index contributed by atoms with van der Waals surface area (Å²) in [5.41, 5.74) is 0. The molecule has 1 aromatic heterocycles. The number of halogens is 1. The van der Waals surface area contributed by atoms with Gasteiger partial charge in [0.1, 0.15) is 10.8 Å². The molecule has 1 heterocycles. The molecule has 106 valence electrons. The molecule has 0 saturated carbocycles. The van der Waals surface area contributed by atoms with Gasteiger partial charge in [-0.15, -0.1) is 11.3 Å². The Bertz CT molecular complexity index is 583. The van der Waals surface area contributed by atoms with Gasteiger partial charge in [0, 0.05) is 7.05 Å². The molecule has 0 bridgehead atoms. The van der Waals surface area contributed by atoms with Crippen molar-refractivity contribution in [2.24, 2.45) is 0 Å². The van der Waals surface area contributed by atoms with Crippen LogP contribution in [-0.2, 0) is 19.6 Å². The van der Waals surface area contributed by atoms with Crippen LogP contribution in [0.25, 0.3) is 0 Å². The number of hydrogen-bond donors (Lipinski definition) is 2. The lowest BCUT2D eigenvalue weighted by Gasteiger charge is -2.14. The Morgan fingerprint density at radius 2 is 2.11 bits per heavy atom. The summed E-state index contributed by atoms with van der Waals surface area (Å²) in [6.45, 7) is -1.01. The summed E-state index contributed by atoms with van der Waals surface area (Å²) in [7, 11) is -2.54. The Hall–Kier alpha value is -1.16. The first-order valence-corrected chi connectivity index (χ1v) is 7.61. The predicted octanol–water partition coefficient (Wildman–Crippen LogP) is 0.223. The number of sulfonamides is 1. The number of carboxylic acid groups (broad SMARTS) is 1. The van der Waals surface area contributed by atoms with E-state index in [-0.39, 0.29) is 4.21 Å². The van der Waals surface area contributed by atoms with Crippen molar-refractivity contribution in [2.45, 2.75) is 4.21 Å². The number of amides is 1. The van der Waals surface area contributed by atoms with Crippen molar-refractivity contribution in [3.05, 3.63) is 16.5 Å². The van der Waals surface area contributed by atoms with Gasteiger partial charge in [-0.3, -0.25) is 9.59 Å². The third-order valence-electron chi connectivity index (χ3n) is 2.03. The number of carbonyl (C=O) groups excluding carboxylic acids is 1. The van der Waals surface area contributed by atoms with Crippen molar-refractivity contribution in [3.8, 4) is 0 Å². The van der Waals surface area contributed by atoms with Crippen LogP contribution in [0, 0.1) is 0 Å². The Morgan fingerprint density at radius 3 is 2.58 bits per heavy atom. The van der Waals surface area contributed by atoms with E-state index in [0.717, 1.165) is 16.2 Å². The maximum atomic E-state index is 11.7. The van der Waals surface area contributed by atoms with E-state index in [1.807, 2.05) is 0 Å². The van der Waals surface area contributed by atoms with Crippen molar-refractivity contribution < 1.29 is 23.1 Å². The summed E-state index contributed by atoms with van der Waals surface area (Å²) in [6, 6.07) is 2.75. The lowest BCUT2D eigenvalue weighted by Crippen LogP contribution is -2.40. The lowest BCUT2D eigenvalue weighted by molar-refractivity contribution is -0.143. The average molecular weight is 327 g/mol. The number of thiophene rings is 1. The summed E-state index contributed by atoms with van der Waals surface area (Å²) in [6.07, 6.45) is 0. The first kappa shape index (κ1) is 15.9. The van der Waals surface area contributed by atoms with E-state index in [1.54, 1.807) is 0 Å². The summed E-state index contributed by atoms with van der Waals surface area (Å²) < 4.78 is 25.9. The van der Waals surface area contributed by atoms with Crippen LogP contribution < -0.4 is 4.72 Å². The smallest absolute Gasteiger partial charge is 0.323 e. The van der Waals surface area contributed by atoms with E-state index in [0.29, 0.717) is 4.34 Å². The number of likely N-dealkylation sites (N-methyl/N-ethyl adjacent to an activating group) is 1. The number of rotatable bonds is 6. The minimum Gasteiger partial charge on any atom is -0.480 e. The fourth-order valence-corrected chi connectivity index (χ4v) is 3.60. The Labute approximate surface area is 118 Å². The molecule has 0 radical (unpaired) electrons. The molecule has 7 nitrogen and oxygen atoms in total. The third-order valence-corrected chi connectivity index (χ3v) is 5.15. The van der Waals surface area contributed by atoms with Gasteiger partial charge >= 0.3 is 5.97 Å². The first-order chi connectivity index (χ1) is 8.72. The summed E-state index contributed by atoms with van der Waals surface area (Å²) in [5.74, 6) is -1.82. The highest BCUT2D eigenvalue weighted by molar-refractivity contribution is 7.91. The molecule has 1 rings (SSSR count). The van der Waals surface area contributed by atoms with Gasteiger partial charge in [-0.2, -0.15) is 0 Å².